The van der Waals surface area contributed by atoms with Gasteiger partial charge in [-0.05, 0) is 60.1 Å². The molecule has 1 amide bonds. The van der Waals surface area contributed by atoms with Crippen molar-refractivity contribution in [3.8, 4) is 5.75 Å². The van der Waals surface area contributed by atoms with E-state index in [1.165, 1.54) is 29.0 Å². The van der Waals surface area contributed by atoms with Crippen LogP contribution in [0.5, 0.6) is 5.75 Å². The summed E-state index contributed by atoms with van der Waals surface area (Å²) < 4.78 is 45.3. The van der Waals surface area contributed by atoms with Crippen LogP contribution in [0.4, 0.5) is 13.2 Å². The molecular weight excluding hydrogens is 559 g/mol. The summed E-state index contributed by atoms with van der Waals surface area (Å²) in [5.74, 6) is 1.23. The Kier molecular flexibility index (Phi) is 9.59. The number of methoxy groups -OCH3 is 1. The maximum Gasteiger partial charge on any atom is 0.416 e. The standard InChI is InChI=1S/C33H34F3N3O2S/c1-41-29-12-10-26(11-13-29)20-38(21-27-8-5-9-28(19-27)33(34,35)36)22-31-37-30(23-42-31)32(40)39-16-14-25(15-17-39)18-24-6-3-2-4-7-24/h2-13,19,23,25H,14-18,20-22H2,1H3. The Morgan fingerprint density at radius 3 is 2.31 bits per heavy atom. The predicted molar refractivity (Wildman–Crippen MR) is 158 cm³/mol. The van der Waals surface area contributed by atoms with Gasteiger partial charge in [0.25, 0.3) is 5.91 Å². The first kappa shape index (κ1) is 29.8. The Bertz CT molecular complexity index is 1450. The molecule has 1 aliphatic rings. The summed E-state index contributed by atoms with van der Waals surface area (Å²) in [6.07, 6.45) is -1.45. The third-order valence-corrected chi connectivity index (χ3v) is 8.46. The number of alkyl halides is 3. The number of amides is 1. The summed E-state index contributed by atoms with van der Waals surface area (Å²) in [7, 11) is 1.60. The molecule has 4 aromatic rings. The van der Waals surface area contributed by atoms with Gasteiger partial charge in [0.1, 0.15) is 16.5 Å². The highest BCUT2D eigenvalue weighted by atomic mass is 32.1. The molecule has 0 radical (unpaired) electrons. The zero-order valence-electron chi connectivity index (χ0n) is 23.5. The minimum Gasteiger partial charge on any atom is -0.497 e. The fourth-order valence-corrected chi connectivity index (χ4v) is 6.19. The van der Waals surface area contributed by atoms with Gasteiger partial charge in [-0.1, -0.05) is 60.7 Å². The van der Waals surface area contributed by atoms with Crippen molar-refractivity contribution >= 4 is 17.2 Å². The van der Waals surface area contributed by atoms with E-state index in [0.29, 0.717) is 49.9 Å². The lowest BCUT2D eigenvalue weighted by atomic mass is 9.90. The van der Waals surface area contributed by atoms with Gasteiger partial charge in [0.05, 0.1) is 19.2 Å². The molecule has 0 aliphatic carbocycles. The molecule has 1 saturated heterocycles. The molecule has 42 heavy (non-hydrogen) atoms. The number of nitrogens with zero attached hydrogens (tertiary/aromatic N) is 3. The molecule has 9 heteroatoms. The summed E-state index contributed by atoms with van der Waals surface area (Å²) in [6, 6.07) is 23.5. The van der Waals surface area contributed by atoms with E-state index in [2.05, 4.69) is 29.2 Å². The number of ether oxygens (including phenoxy) is 1. The lowest BCUT2D eigenvalue weighted by Crippen LogP contribution is -2.39. The number of carbonyl (C=O) groups is 1. The second kappa shape index (κ2) is 13.5. The first-order chi connectivity index (χ1) is 20.3. The van der Waals surface area contributed by atoms with Gasteiger partial charge in [0, 0.05) is 31.6 Å². The first-order valence-corrected chi connectivity index (χ1v) is 14.9. The van der Waals surface area contributed by atoms with Crippen molar-refractivity contribution in [3.05, 3.63) is 117 Å². The maximum absolute atomic E-state index is 13.4. The summed E-state index contributed by atoms with van der Waals surface area (Å²) >= 11 is 1.41. The molecule has 0 N–H and O–H groups in total. The van der Waals surface area contributed by atoms with Gasteiger partial charge < -0.3 is 9.64 Å². The predicted octanol–water partition coefficient (Wildman–Crippen LogP) is 7.47. The van der Waals surface area contributed by atoms with E-state index in [1.54, 1.807) is 18.6 Å². The second-order valence-electron chi connectivity index (χ2n) is 10.7. The quantitative estimate of drug-likeness (QED) is 0.191. The molecule has 220 valence electrons. The summed E-state index contributed by atoms with van der Waals surface area (Å²) in [6.45, 7) is 2.62. The van der Waals surface area contributed by atoms with Crippen molar-refractivity contribution in [1.29, 1.82) is 0 Å². The van der Waals surface area contributed by atoms with E-state index in [4.69, 9.17) is 4.74 Å². The normalized spacial score (nSPS) is 14.4. The van der Waals surface area contributed by atoms with Gasteiger partial charge in [0.2, 0.25) is 0 Å². The third-order valence-electron chi connectivity index (χ3n) is 7.62. The Labute approximate surface area is 248 Å². The third kappa shape index (κ3) is 7.98. The number of aromatic nitrogens is 1. The molecule has 1 fully saturated rings. The van der Waals surface area contributed by atoms with E-state index in [-0.39, 0.29) is 5.91 Å². The van der Waals surface area contributed by atoms with Crippen LogP contribution >= 0.6 is 11.3 Å². The molecule has 1 aromatic heterocycles. The van der Waals surface area contributed by atoms with Crippen LogP contribution in [-0.2, 0) is 32.2 Å². The van der Waals surface area contributed by atoms with E-state index < -0.39 is 11.7 Å². The number of hydrogen-bond acceptors (Lipinski definition) is 5. The minimum atomic E-state index is -4.41. The van der Waals surface area contributed by atoms with Gasteiger partial charge in [0.15, 0.2) is 0 Å². The first-order valence-electron chi connectivity index (χ1n) is 14.1. The molecular formula is C33H34F3N3O2S. The van der Waals surface area contributed by atoms with Gasteiger partial charge >= 0.3 is 6.18 Å². The zero-order valence-corrected chi connectivity index (χ0v) is 24.3. The fourth-order valence-electron chi connectivity index (χ4n) is 5.38. The summed E-state index contributed by atoms with van der Waals surface area (Å²) in [5.41, 5.74) is 2.65. The molecule has 5 rings (SSSR count). The van der Waals surface area contributed by atoms with E-state index in [9.17, 15) is 18.0 Å². The average Bonchev–Trinajstić information content (AvgIpc) is 3.46. The number of carbonyl (C=O) groups excluding carboxylic acids is 1. The number of halogens is 3. The van der Waals surface area contributed by atoms with E-state index >= 15 is 0 Å². The Morgan fingerprint density at radius 1 is 0.929 bits per heavy atom. The lowest BCUT2D eigenvalue weighted by Gasteiger charge is -2.31. The van der Waals surface area contributed by atoms with Gasteiger partial charge in [-0.15, -0.1) is 11.3 Å². The number of rotatable bonds is 10. The minimum absolute atomic E-state index is 0.0600. The number of likely N-dealkylation sites (tertiary alicyclic amines) is 1. The molecule has 1 aliphatic heterocycles. The highest BCUT2D eigenvalue weighted by molar-refractivity contribution is 7.09. The van der Waals surface area contributed by atoms with Crippen molar-refractivity contribution in [3.63, 3.8) is 0 Å². The van der Waals surface area contributed by atoms with Crippen molar-refractivity contribution in [2.24, 2.45) is 5.92 Å². The molecule has 0 bridgehead atoms. The largest absolute Gasteiger partial charge is 0.497 e. The van der Waals surface area contributed by atoms with Crippen LogP contribution in [0.2, 0.25) is 0 Å². The average molecular weight is 594 g/mol. The molecule has 3 aromatic carbocycles. The summed E-state index contributed by atoms with van der Waals surface area (Å²) in [5, 5.41) is 2.54. The number of benzene rings is 3. The van der Waals surface area contributed by atoms with Crippen molar-refractivity contribution < 1.29 is 22.7 Å². The van der Waals surface area contributed by atoms with Crippen LogP contribution < -0.4 is 4.74 Å². The van der Waals surface area contributed by atoms with Gasteiger partial charge in [-0.2, -0.15) is 13.2 Å². The fraction of sp³-hybridized carbons (Fsp3) is 0.333. The maximum atomic E-state index is 13.4. The lowest BCUT2D eigenvalue weighted by molar-refractivity contribution is -0.137. The highest BCUT2D eigenvalue weighted by Crippen LogP contribution is 2.30. The van der Waals surface area contributed by atoms with Gasteiger partial charge in [-0.25, -0.2) is 4.98 Å². The van der Waals surface area contributed by atoms with Crippen LogP contribution in [0.15, 0.2) is 84.2 Å². The number of hydrogen-bond donors (Lipinski definition) is 0. The second-order valence-corrected chi connectivity index (χ2v) is 11.7. The molecule has 0 spiro atoms. The van der Waals surface area contributed by atoms with E-state index in [0.717, 1.165) is 41.6 Å². The van der Waals surface area contributed by atoms with Crippen molar-refractivity contribution in [2.45, 2.75) is 45.1 Å². The molecule has 2 heterocycles. The smallest absolute Gasteiger partial charge is 0.416 e. The Balaban J connectivity index is 1.24. The molecule has 5 nitrogen and oxygen atoms in total. The van der Waals surface area contributed by atoms with Crippen LogP contribution in [0, 0.1) is 5.92 Å². The van der Waals surface area contributed by atoms with Crippen LogP contribution in [0.25, 0.3) is 0 Å². The van der Waals surface area contributed by atoms with Crippen molar-refractivity contribution in [1.82, 2.24) is 14.8 Å². The van der Waals surface area contributed by atoms with Crippen LogP contribution in [0.1, 0.15) is 50.6 Å². The molecule has 0 unspecified atom stereocenters. The SMILES string of the molecule is COc1ccc(CN(Cc2cccc(C(F)(F)F)c2)Cc2nc(C(=O)N3CCC(Cc4ccccc4)CC3)cs2)cc1. The topological polar surface area (TPSA) is 45.7 Å². The highest BCUT2D eigenvalue weighted by Gasteiger charge is 2.30. The van der Waals surface area contributed by atoms with Gasteiger partial charge in [-0.3, -0.25) is 9.69 Å². The zero-order chi connectivity index (χ0) is 29.5. The van der Waals surface area contributed by atoms with Crippen molar-refractivity contribution in [2.75, 3.05) is 20.2 Å². The molecule has 0 saturated carbocycles. The number of thiazole rings is 1. The van der Waals surface area contributed by atoms with Crippen LogP contribution in [-0.4, -0.2) is 40.9 Å². The monoisotopic (exact) mass is 593 g/mol. The number of piperidine rings is 1. The van der Waals surface area contributed by atoms with Crippen LogP contribution in [0.3, 0.4) is 0 Å². The van der Waals surface area contributed by atoms with E-state index in [1.807, 2.05) is 40.1 Å². The summed E-state index contributed by atoms with van der Waals surface area (Å²) in [4.78, 5) is 21.9. The Hall–Kier alpha value is -3.69. The molecule has 0 atom stereocenters. The Morgan fingerprint density at radius 2 is 1.62 bits per heavy atom.